The van der Waals surface area contributed by atoms with Gasteiger partial charge in [-0.1, -0.05) is 26.7 Å². The van der Waals surface area contributed by atoms with E-state index in [0.717, 1.165) is 19.6 Å². The standard InChI is InChI=1S/C12H22N2O/c1-3-5-9-14-12(7-8-13-14)11-15-10-6-4-2/h7-8H,3-6,9-11H2,1-2H3. The fourth-order valence-corrected chi connectivity index (χ4v) is 1.42. The third kappa shape index (κ3) is 4.47. The quantitative estimate of drug-likeness (QED) is 0.617. The molecule has 0 aliphatic heterocycles. The van der Waals surface area contributed by atoms with Crippen molar-refractivity contribution in [2.75, 3.05) is 6.61 Å². The van der Waals surface area contributed by atoms with Crippen molar-refractivity contribution in [2.24, 2.45) is 0 Å². The third-order valence-electron chi connectivity index (χ3n) is 2.42. The number of unbranched alkanes of at least 4 members (excludes halogenated alkanes) is 2. The summed E-state index contributed by atoms with van der Waals surface area (Å²) < 4.78 is 7.63. The van der Waals surface area contributed by atoms with Gasteiger partial charge in [-0.3, -0.25) is 4.68 Å². The number of nitrogens with zero attached hydrogens (tertiary/aromatic N) is 2. The molecule has 0 amide bonds. The molecule has 1 rings (SSSR count). The van der Waals surface area contributed by atoms with E-state index in [1.165, 1.54) is 25.0 Å². The smallest absolute Gasteiger partial charge is 0.0884 e. The van der Waals surface area contributed by atoms with Crippen molar-refractivity contribution < 1.29 is 4.74 Å². The van der Waals surface area contributed by atoms with Crippen molar-refractivity contribution in [1.82, 2.24) is 9.78 Å². The highest BCUT2D eigenvalue weighted by Crippen LogP contribution is 2.04. The second-order valence-corrected chi connectivity index (χ2v) is 3.81. The summed E-state index contributed by atoms with van der Waals surface area (Å²) in [5.41, 5.74) is 1.19. The fraction of sp³-hybridized carbons (Fsp3) is 0.750. The van der Waals surface area contributed by atoms with Gasteiger partial charge in [0, 0.05) is 19.3 Å². The zero-order valence-electron chi connectivity index (χ0n) is 9.91. The van der Waals surface area contributed by atoms with E-state index in [1.807, 2.05) is 12.3 Å². The van der Waals surface area contributed by atoms with E-state index in [1.54, 1.807) is 0 Å². The molecule has 0 aliphatic carbocycles. The lowest BCUT2D eigenvalue weighted by atomic mass is 10.3. The van der Waals surface area contributed by atoms with Crippen LogP contribution in [0.15, 0.2) is 12.3 Å². The normalized spacial score (nSPS) is 10.8. The Kier molecular flexibility index (Phi) is 6.09. The molecule has 1 heterocycles. The SMILES string of the molecule is CCCCOCc1ccnn1CCCC. The molecule has 0 radical (unpaired) electrons. The number of hydrogen-bond donors (Lipinski definition) is 0. The van der Waals surface area contributed by atoms with E-state index >= 15 is 0 Å². The van der Waals surface area contributed by atoms with Crippen LogP contribution in [0.4, 0.5) is 0 Å². The average Bonchev–Trinajstić information content (AvgIpc) is 2.69. The van der Waals surface area contributed by atoms with Crippen LogP contribution in [-0.2, 0) is 17.9 Å². The molecule has 0 N–H and O–H groups in total. The Hall–Kier alpha value is -0.830. The molecule has 0 spiro atoms. The van der Waals surface area contributed by atoms with Crippen LogP contribution >= 0.6 is 0 Å². The van der Waals surface area contributed by atoms with Gasteiger partial charge in [0.1, 0.15) is 0 Å². The first-order valence-corrected chi connectivity index (χ1v) is 5.97. The van der Waals surface area contributed by atoms with Gasteiger partial charge in [0.25, 0.3) is 0 Å². The highest BCUT2D eigenvalue weighted by molar-refractivity contribution is 4.98. The Balaban J connectivity index is 2.29. The van der Waals surface area contributed by atoms with Crippen molar-refractivity contribution in [2.45, 2.75) is 52.7 Å². The van der Waals surface area contributed by atoms with Crippen molar-refractivity contribution in [3.8, 4) is 0 Å². The van der Waals surface area contributed by atoms with Crippen molar-refractivity contribution in [3.05, 3.63) is 18.0 Å². The molecule has 0 saturated carbocycles. The molecule has 3 heteroatoms. The maximum atomic E-state index is 5.58. The highest BCUT2D eigenvalue weighted by Gasteiger charge is 2.01. The number of rotatable bonds is 8. The largest absolute Gasteiger partial charge is 0.375 e. The van der Waals surface area contributed by atoms with Crippen LogP contribution < -0.4 is 0 Å². The molecule has 15 heavy (non-hydrogen) atoms. The molecule has 0 fully saturated rings. The molecule has 0 aromatic carbocycles. The average molecular weight is 210 g/mol. The monoisotopic (exact) mass is 210 g/mol. The zero-order valence-corrected chi connectivity index (χ0v) is 9.91. The van der Waals surface area contributed by atoms with Crippen LogP contribution in [0.5, 0.6) is 0 Å². The minimum atomic E-state index is 0.698. The predicted molar refractivity (Wildman–Crippen MR) is 61.7 cm³/mol. The van der Waals surface area contributed by atoms with E-state index < -0.39 is 0 Å². The zero-order chi connectivity index (χ0) is 10.9. The molecule has 0 unspecified atom stereocenters. The van der Waals surface area contributed by atoms with Gasteiger partial charge in [-0.15, -0.1) is 0 Å². The van der Waals surface area contributed by atoms with Crippen molar-refractivity contribution >= 4 is 0 Å². The van der Waals surface area contributed by atoms with Crippen LogP contribution in [0, 0.1) is 0 Å². The van der Waals surface area contributed by atoms with Crippen LogP contribution in [0.25, 0.3) is 0 Å². The number of aromatic nitrogens is 2. The number of ether oxygens (including phenoxy) is 1. The molecular formula is C12H22N2O. The Morgan fingerprint density at radius 2 is 2.07 bits per heavy atom. The van der Waals surface area contributed by atoms with Gasteiger partial charge in [0.15, 0.2) is 0 Å². The van der Waals surface area contributed by atoms with E-state index in [-0.39, 0.29) is 0 Å². The van der Waals surface area contributed by atoms with Gasteiger partial charge in [0.2, 0.25) is 0 Å². The Morgan fingerprint density at radius 1 is 1.27 bits per heavy atom. The second-order valence-electron chi connectivity index (χ2n) is 3.81. The number of hydrogen-bond acceptors (Lipinski definition) is 2. The van der Waals surface area contributed by atoms with Crippen LogP contribution in [0.1, 0.15) is 45.2 Å². The first-order valence-electron chi connectivity index (χ1n) is 5.97. The highest BCUT2D eigenvalue weighted by atomic mass is 16.5. The van der Waals surface area contributed by atoms with Gasteiger partial charge in [-0.25, -0.2) is 0 Å². The second kappa shape index (κ2) is 7.46. The molecule has 0 bridgehead atoms. The van der Waals surface area contributed by atoms with Crippen LogP contribution in [-0.4, -0.2) is 16.4 Å². The summed E-state index contributed by atoms with van der Waals surface area (Å²) in [6.45, 7) is 6.94. The summed E-state index contributed by atoms with van der Waals surface area (Å²) in [4.78, 5) is 0. The molecule has 86 valence electrons. The fourth-order valence-electron chi connectivity index (χ4n) is 1.42. The van der Waals surface area contributed by atoms with Gasteiger partial charge in [0.05, 0.1) is 12.3 Å². The topological polar surface area (TPSA) is 27.1 Å². The van der Waals surface area contributed by atoms with E-state index in [9.17, 15) is 0 Å². The van der Waals surface area contributed by atoms with E-state index in [2.05, 4.69) is 23.6 Å². The van der Waals surface area contributed by atoms with Gasteiger partial charge < -0.3 is 4.74 Å². The Morgan fingerprint density at radius 3 is 2.80 bits per heavy atom. The maximum absolute atomic E-state index is 5.58. The lowest BCUT2D eigenvalue weighted by Gasteiger charge is -2.07. The summed E-state index contributed by atoms with van der Waals surface area (Å²) in [5.74, 6) is 0. The van der Waals surface area contributed by atoms with E-state index in [0.29, 0.717) is 6.61 Å². The first-order chi connectivity index (χ1) is 7.38. The van der Waals surface area contributed by atoms with Gasteiger partial charge >= 0.3 is 0 Å². The predicted octanol–water partition coefficient (Wildman–Crippen LogP) is 3.00. The summed E-state index contributed by atoms with van der Waals surface area (Å²) in [7, 11) is 0. The molecule has 0 atom stereocenters. The lowest BCUT2D eigenvalue weighted by Crippen LogP contribution is -2.06. The number of aryl methyl sites for hydroxylation is 1. The third-order valence-corrected chi connectivity index (χ3v) is 2.42. The summed E-state index contributed by atoms with van der Waals surface area (Å²) in [5, 5.41) is 4.29. The molecule has 1 aromatic heterocycles. The van der Waals surface area contributed by atoms with E-state index in [4.69, 9.17) is 4.74 Å². The summed E-state index contributed by atoms with van der Waals surface area (Å²) in [6, 6.07) is 2.04. The van der Waals surface area contributed by atoms with Crippen molar-refractivity contribution in [1.29, 1.82) is 0 Å². The van der Waals surface area contributed by atoms with Crippen LogP contribution in [0.3, 0.4) is 0 Å². The molecule has 1 aromatic rings. The van der Waals surface area contributed by atoms with Crippen molar-refractivity contribution in [3.63, 3.8) is 0 Å². The minimum Gasteiger partial charge on any atom is -0.375 e. The lowest BCUT2D eigenvalue weighted by molar-refractivity contribution is 0.112. The van der Waals surface area contributed by atoms with Gasteiger partial charge in [-0.2, -0.15) is 5.10 Å². The summed E-state index contributed by atoms with van der Waals surface area (Å²) in [6.07, 6.45) is 6.58. The molecule has 3 nitrogen and oxygen atoms in total. The minimum absolute atomic E-state index is 0.698. The van der Waals surface area contributed by atoms with Crippen LogP contribution in [0.2, 0.25) is 0 Å². The Bertz CT molecular complexity index is 258. The molecular weight excluding hydrogens is 188 g/mol. The molecule has 0 saturated heterocycles. The summed E-state index contributed by atoms with van der Waals surface area (Å²) >= 11 is 0. The maximum Gasteiger partial charge on any atom is 0.0884 e. The Labute approximate surface area is 92.4 Å². The van der Waals surface area contributed by atoms with Gasteiger partial charge in [-0.05, 0) is 18.9 Å². The molecule has 0 aliphatic rings. The first kappa shape index (κ1) is 12.2.